The van der Waals surface area contributed by atoms with Crippen LogP contribution in [0.4, 0.5) is 13.2 Å². The summed E-state index contributed by atoms with van der Waals surface area (Å²) >= 11 is 0. The number of nitrogens with zero attached hydrogens (tertiary/aromatic N) is 2. The smallest absolute Gasteiger partial charge is 0.306 e. The van der Waals surface area contributed by atoms with Crippen molar-refractivity contribution < 1.29 is 13.2 Å². The molecule has 0 aliphatic carbocycles. The number of benzene rings is 1. The maximum absolute atomic E-state index is 12.3. The summed E-state index contributed by atoms with van der Waals surface area (Å²) < 4.78 is 38.3. The first-order chi connectivity index (χ1) is 7.47. The Morgan fingerprint density at radius 1 is 1.12 bits per heavy atom. The van der Waals surface area contributed by atoms with Crippen LogP contribution in [0.15, 0.2) is 36.8 Å². The molecule has 2 aromatic rings. The van der Waals surface area contributed by atoms with Crippen LogP contribution in [0.5, 0.6) is 0 Å². The number of rotatable bonds is 1. The maximum atomic E-state index is 12.3. The summed E-state index contributed by atoms with van der Waals surface area (Å²) in [6.07, 6.45) is -2.26. The SMILES string of the molecule is Cc1ccc(-n2cnc(C(F)(F)F)c2)cc1. The summed E-state index contributed by atoms with van der Waals surface area (Å²) in [6.45, 7) is 1.92. The van der Waals surface area contributed by atoms with Crippen LogP contribution in [0.1, 0.15) is 11.3 Å². The van der Waals surface area contributed by atoms with E-state index in [1.54, 1.807) is 12.1 Å². The van der Waals surface area contributed by atoms with E-state index in [-0.39, 0.29) is 0 Å². The third kappa shape index (κ3) is 2.08. The lowest BCUT2D eigenvalue weighted by Gasteiger charge is -2.02. The first-order valence-electron chi connectivity index (χ1n) is 4.65. The van der Waals surface area contributed by atoms with Gasteiger partial charge in [0.2, 0.25) is 0 Å². The van der Waals surface area contributed by atoms with E-state index in [1.165, 1.54) is 4.57 Å². The van der Waals surface area contributed by atoms with E-state index in [4.69, 9.17) is 0 Å². The molecule has 0 aliphatic heterocycles. The van der Waals surface area contributed by atoms with Crippen molar-refractivity contribution >= 4 is 0 Å². The fourth-order valence-electron chi connectivity index (χ4n) is 1.33. The molecule has 0 bridgehead atoms. The summed E-state index contributed by atoms with van der Waals surface area (Å²) in [4.78, 5) is 3.32. The second-order valence-electron chi connectivity index (χ2n) is 3.50. The summed E-state index contributed by atoms with van der Waals surface area (Å²) in [5.41, 5.74) is 0.835. The second kappa shape index (κ2) is 3.66. The van der Waals surface area contributed by atoms with Crippen LogP contribution in [-0.4, -0.2) is 9.55 Å². The van der Waals surface area contributed by atoms with Crippen molar-refractivity contribution in [3.63, 3.8) is 0 Å². The van der Waals surface area contributed by atoms with Crippen LogP contribution in [0.2, 0.25) is 0 Å². The summed E-state index contributed by atoms with van der Waals surface area (Å²) in [6, 6.07) is 7.17. The molecule has 0 spiro atoms. The number of alkyl halides is 3. The predicted molar refractivity (Wildman–Crippen MR) is 53.3 cm³/mol. The van der Waals surface area contributed by atoms with E-state index in [0.29, 0.717) is 5.69 Å². The molecular weight excluding hydrogens is 217 g/mol. The lowest BCUT2D eigenvalue weighted by atomic mass is 10.2. The third-order valence-corrected chi connectivity index (χ3v) is 2.21. The molecule has 5 heteroatoms. The van der Waals surface area contributed by atoms with Crippen molar-refractivity contribution in [2.24, 2.45) is 0 Å². The topological polar surface area (TPSA) is 17.8 Å². The van der Waals surface area contributed by atoms with Crippen LogP contribution in [0.3, 0.4) is 0 Å². The Morgan fingerprint density at radius 3 is 2.25 bits per heavy atom. The Labute approximate surface area is 90.4 Å². The second-order valence-corrected chi connectivity index (χ2v) is 3.50. The van der Waals surface area contributed by atoms with E-state index in [9.17, 15) is 13.2 Å². The fraction of sp³-hybridized carbons (Fsp3) is 0.182. The van der Waals surface area contributed by atoms with Gasteiger partial charge in [-0.25, -0.2) is 4.98 Å². The molecule has 1 aromatic heterocycles. The summed E-state index contributed by atoms with van der Waals surface area (Å²) in [5, 5.41) is 0. The summed E-state index contributed by atoms with van der Waals surface area (Å²) in [5.74, 6) is 0. The highest BCUT2D eigenvalue weighted by molar-refractivity contribution is 5.34. The van der Waals surface area contributed by atoms with Gasteiger partial charge in [0, 0.05) is 11.9 Å². The van der Waals surface area contributed by atoms with Crippen molar-refractivity contribution in [3.05, 3.63) is 48.0 Å². The van der Waals surface area contributed by atoms with Crippen molar-refractivity contribution in [2.45, 2.75) is 13.1 Å². The van der Waals surface area contributed by atoms with Gasteiger partial charge < -0.3 is 4.57 Å². The Kier molecular flexibility index (Phi) is 2.46. The minimum atomic E-state index is -4.39. The third-order valence-electron chi connectivity index (χ3n) is 2.21. The molecule has 84 valence electrons. The van der Waals surface area contributed by atoms with Gasteiger partial charge in [-0.15, -0.1) is 0 Å². The van der Waals surface area contributed by atoms with Gasteiger partial charge in [0.15, 0.2) is 5.69 Å². The molecule has 0 amide bonds. The lowest BCUT2D eigenvalue weighted by molar-refractivity contribution is -0.140. The van der Waals surface area contributed by atoms with E-state index in [0.717, 1.165) is 18.1 Å². The highest BCUT2D eigenvalue weighted by Crippen LogP contribution is 2.27. The van der Waals surface area contributed by atoms with Crippen LogP contribution >= 0.6 is 0 Å². The maximum Gasteiger partial charge on any atom is 0.434 e. The molecular formula is C11H9F3N2. The van der Waals surface area contributed by atoms with Crippen molar-refractivity contribution in [3.8, 4) is 5.69 Å². The minimum absolute atomic E-state index is 0.661. The molecule has 0 atom stereocenters. The van der Waals surface area contributed by atoms with E-state index in [2.05, 4.69) is 4.98 Å². The molecule has 0 radical (unpaired) electrons. The largest absolute Gasteiger partial charge is 0.434 e. The molecule has 0 N–H and O–H groups in total. The Balaban J connectivity index is 2.35. The molecule has 0 saturated heterocycles. The van der Waals surface area contributed by atoms with E-state index in [1.807, 2.05) is 19.1 Å². The van der Waals surface area contributed by atoms with Crippen molar-refractivity contribution in [1.82, 2.24) is 9.55 Å². The first-order valence-corrected chi connectivity index (χ1v) is 4.65. The molecule has 16 heavy (non-hydrogen) atoms. The van der Waals surface area contributed by atoms with Gasteiger partial charge in [0.05, 0.1) is 6.33 Å². The number of hydrogen-bond donors (Lipinski definition) is 0. The average Bonchev–Trinajstić information content (AvgIpc) is 2.67. The zero-order chi connectivity index (χ0) is 11.8. The highest BCUT2D eigenvalue weighted by atomic mass is 19.4. The van der Waals surface area contributed by atoms with E-state index >= 15 is 0 Å². The van der Waals surface area contributed by atoms with Gasteiger partial charge in [-0.05, 0) is 19.1 Å². The normalized spacial score (nSPS) is 11.8. The lowest BCUT2D eigenvalue weighted by Crippen LogP contribution is -2.04. The Hall–Kier alpha value is -1.78. The van der Waals surface area contributed by atoms with Gasteiger partial charge in [0.25, 0.3) is 0 Å². The standard InChI is InChI=1S/C11H9F3N2/c1-8-2-4-9(5-3-8)16-6-10(15-7-16)11(12,13)14/h2-7H,1H3. The molecule has 1 aromatic carbocycles. The number of imidazole rings is 1. The number of aromatic nitrogens is 2. The quantitative estimate of drug-likeness (QED) is 0.730. The van der Waals surface area contributed by atoms with Gasteiger partial charge >= 0.3 is 6.18 Å². The Bertz CT molecular complexity index is 483. The molecule has 0 saturated carbocycles. The van der Waals surface area contributed by atoms with E-state index < -0.39 is 11.9 Å². The fourth-order valence-corrected chi connectivity index (χ4v) is 1.33. The summed E-state index contributed by atoms with van der Waals surface area (Å²) in [7, 11) is 0. The number of halogens is 3. The van der Waals surface area contributed by atoms with Crippen molar-refractivity contribution in [2.75, 3.05) is 0 Å². The molecule has 2 nitrogen and oxygen atoms in total. The van der Waals surface area contributed by atoms with Crippen LogP contribution in [-0.2, 0) is 6.18 Å². The van der Waals surface area contributed by atoms with Crippen LogP contribution in [0, 0.1) is 6.92 Å². The molecule has 0 unspecified atom stereocenters. The predicted octanol–water partition coefficient (Wildman–Crippen LogP) is 3.20. The minimum Gasteiger partial charge on any atom is -0.306 e. The highest BCUT2D eigenvalue weighted by Gasteiger charge is 2.33. The van der Waals surface area contributed by atoms with Crippen LogP contribution < -0.4 is 0 Å². The van der Waals surface area contributed by atoms with Crippen molar-refractivity contribution in [1.29, 1.82) is 0 Å². The van der Waals surface area contributed by atoms with Gasteiger partial charge in [-0.3, -0.25) is 0 Å². The monoisotopic (exact) mass is 226 g/mol. The molecule has 1 heterocycles. The molecule has 0 aliphatic rings. The Morgan fingerprint density at radius 2 is 1.75 bits per heavy atom. The number of hydrogen-bond acceptors (Lipinski definition) is 1. The molecule has 0 fully saturated rings. The zero-order valence-corrected chi connectivity index (χ0v) is 8.49. The molecule has 2 rings (SSSR count). The zero-order valence-electron chi connectivity index (χ0n) is 8.49. The number of aryl methyl sites for hydroxylation is 1. The first kappa shape index (κ1) is 10.7. The van der Waals surface area contributed by atoms with Gasteiger partial charge in [-0.1, -0.05) is 17.7 Å². The average molecular weight is 226 g/mol. The van der Waals surface area contributed by atoms with Crippen LogP contribution in [0.25, 0.3) is 5.69 Å². The van der Waals surface area contributed by atoms with Gasteiger partial charge in [0.1, 0.15) is 0 Å². The van der Waals surface area contributed by atoms with Gasteiger partial charge in [-0.2, -0.15) is 13.2 Å².